The van der Waals surface area contributed by atoms with Gasteiger partial charge in [0.2, 0.25) is 0 Å². The summed E-state index contributed by atoms with van der Waals surface area (Å²) in [6.45, 7) is 2.01. The zero-order chi connectivity index (χ0) is 15.9. The number of thioether (sulfide) groups is 1. The zero-order valence-corrected chi connectivity index (χ0v) is 15.5. The lowest BCUT2D eigenvalue weighted by Gasteiger charge is -2.22. The van der Waals surface area contributed by atoms with Crippen molar-refractivity contribution in [1.82, 2.24) is 0 Å². The van der Waals surface area contributed by atoms with E-state index in [0.29, 0.717) is 0 Å². The molecule has 2 aromatic carbocycles. The standard InChI is InChI=1S/C16H11Br2NO2S/c1-9-2-4-10(5-3-9)16-14(19(20)21)7-11-6-12(17)8-13(18)15(11)22-16/h2-8,16H,1H3. The van der Waals surface area contributed by atoms with E-state index in [4.69, 9.17) is 0 Å². The number of rotatable bonds is 2. The van der Waals surface area contributed by atoms with E-state index in [1.165, 1.54) is 11.8 Å². The third-order valence-corrected chi connectivity index (χ3v) is 6.22. The van der Waals surface area contributed by atoms with Gasteiger partial charge >= 0.3 is 0 Å². The minimum atomic E-state index is -0.305. The molecule has 0 saturated heterocycles. The van der Waals surface area contributed by atoms with Crippen molar-refractivity contribution in [1.29, 1.82) is 0 Å². The molecule has 3 nitrogen and oxygen atoms in total. The average molecular weight is 441 g/mol. The summed E-state index contributed by atoms with van der Waals surface area (Å²) in [5, 5.41) is 11.2. The monoisotopic (exact) mass is 439 g/mol. The SMILES string of the molecule is Cc1ccc(C2Sc3c(Br)cc(Br)cc3C=C2[N+](=O)[O-])cc1. The van der Waals surface area contributed by atoms with Gasteiger partial charge in [-0.1, -0.05) is 45.8 Å². The Morgan fingerprint density at radius 2 is 1.86 bits per heavy atom. The van der Waals surface area contributed by atoms with Crippen LogP contribution in [-0.2, 0) is 0 Å². The summed E-state index contributed by atoms with van der Waals surface area (Å²) in [4.78, 5) is 12.2. The van der Waals surface area contributed by atoms with Gasteiger partial charge in [-0.2, -0.15) is 0 Å². The van der Waals surface area contributed by atoms with Crippen molar-refractivity contribution in [3.63, 3.8) is 0 Å². The van der Waals surface area contributed by atoms with E-state index >= 15 is 0 Å². The largest absolute Gasteiger partial charge is 0.264 e. The molecule has 0 bridgehead atoms. The number of halogens is 2. The molecule has 1 heterocycles. The summed E-state index contributed by atoms with van der Waals surface area (Å²) in [6, 6.07) is 11.8. The van der Waals surface area contributed by atoms with Gasteiger partial charge in [-0.05, 0) is 46.1 Å². The normalized spacial score (nSPS) is 16.9. The highest BCUT2D eigenvalue weighted by Gasteiger charge is 2.33. The highest BCUT2D eigenvalue weighted by molar-refractivity contribution is 9.11. The summed E-state index contributed by atoms with van der Waals surface area (Å²) in [5.41, 5.74) is 3.16. The van der Waals surface area contributed by atoms with Gasteiger partial charge in [0, 0.05) is 19.9 Å². The first-order valence-corrected chi connectivity index (χ1v) is 9.00. The minimum Gasteiger partial charge on any atom is -0.259 e. The van der Waals surface area contributed by atoms with Gasteiger partial charge in [0.15, 0.2) is 0 Å². The second kappa shape index (κ2) is 6.18. The highest BCUT2D eigenvalue weighted by Crippen LogP contribution is 2.50. The Balaban J connectivity index is 2.13. The maximum absolute atomic E-state index is 11.5. The molecule has 6 heteroatoms. The summed E-state index contributed by atoms with van der Waals surface area (Å²) in [7, 11) is 0. The molecule has 1 atom stereocenters. The smallest absolute Gasteiger partial charge is 0.259 e. The summed E-state index contributed by atoms with van der Waals surface area (Å²) in [6.07, 6.45) is 1.67. The second-order valence-electron chi connectivity index (χ2n) is 5.04. The number of benzene rings is 2. The predicted molar refractivity (Wildman–Crippen MR) is 96.6 cm³/mol. The molecule has 112 valence electrons. The lowest BCUT2D eigenvalue weighted by Crippen LogP contribution is -2.11. The van der Waals surface area contributed by atoms with Crippen molar-refractivity contribution in [2.75, 3.05) is 0 Å². The fraction of sp³-hybridized carbons (Fsp3) is 0.125. The van der Waals surface area contributed by atoms with Crippen LogP contribution in [0.25, 0.3) is 6.08 Å². The van der Waals surface area contributed by atoms with Gasteiger partial charge in [-0.25, -0.2) is 0 Å². The maximum atomic E-state index is 11.5. The van der Waals surface area contributed by atoms with E-state index in [9.17, 15) is 10.1 Å². The van der Waals surface area contributed by atoms with Crippen molar-refractivity contribution in [3.05, 3.63) is 77.8 Å². The number of aryl methyl sites for hydroxylation is 1. The number of nitrogens with zero attached hydrogens (tertiary/aromatic N) is 1. The molecule has 0 fully saturated rings. The molecule has 0 saturated carbocycles. The van der Waals surface area contributed by atoms with Crippen LogP contribution < -0.4 is 0 Å². The summed E-state index contributed by atoms with van der Waals surface area (Å²) >= 11 is 8.49. The third-order valence-electron chi connectivity index (χ3n) is 3.44. The Bertz CT molecular complexity index is 787. The topological polar surface area (TPSA) is 43.1 Å². The van der Waals surface area contributed by atoms with Gasteiger partial charge in [0.25, 0.3) is 5.70 Å². The molecule has 3 rings (SSSR count). The Morgan fingerprint density at radius 3 is 2.50 bits per heavy atom. The van der Waals surface area contributed by atoms with Crippen molar-refractivity contribution in [2.24, 2.45) is 0 Å². The number of nitro groups is 1. The minimum absolute atomic E-state index is 0.214. The fourth-order valence-corrected chi connectivity index (χ4v) is 5.12. The molecule has 0 spiro atoms. The fourth-order valence-electron chi connectivity index (χ4n) is 2.35. The van der Waals surface area contributed by atoms with Gasteiger partial charge in [-0.15, -0.1) is 11.8 Å². The number of fused-ring (bicyclic) bond motifs is 1. The van der Waals surface area contributed by atoms with Crippen LogP contribution in [0.5, 0.6) is 0 Å². The molecule has 1 aliphatic rings. The van der Waals surface area contributed by atoms with Crippen molar-refractivity contribution in [2.45, 2.75) is 17.1 Å². The van der Waals surface area contributed by atoms with E-state index in [0.717, 1.165) is 30.5 Å². The lowest BCUT2D eigenvalue weighted by molar-refractivity contribution is -0.425. The van der Waals surface area contributed by atoms with Crippen molar-refractivity contribution < 1.29 is 4.92 Å². The average Bonchev–Trinajstić information content (AvgIpc) is 2.47. The van der Waals surface area contributed by atoms with Crippen molar-refractivity contribution >= 4 is 49.7 Å². The van der Waals surface area contributed by atoms with Crippen molar-refractivity contribution in [3.8, 4) is 0 Å². The van der Waals surface area contributed by atoms with Crippen LogP contribution in [0, 0.1) is 17.0 Å². The van der Waals surface area contributed by atoms with Gasteiger partial charge in [-0.3, -0.25) is 10.1 Å². The van der Waals surface area contributed by atoms with Gasteiger partial charge in [0.05, 0.1) is 4.92 Å². The first kappa shape index (κ1) is 15.8. The molecule has 0 aromatic heterocycles. The van der Waals surface area contributed by atoms with Crippen LogP contribution >= 0.6 is 43.6 Å². The van der Waals surface area contributed by atoms with E-state index in [1.807, 2.05) is 43.3 Å². The highest BCUT2D eigenvalue weighted by atomic mass is 79.9. The van der Waals surface area contributed by atoms with Crippen LogP contribution in [0.1, 0.15) is 21.9 Å². The Kier molecular flexibility index (Phi) is 4.43. The Morgan fingerprint density at radius 1 is 1.18 bits per heavy atom. The van der Waals surface area contributed by atoms with Gasteiger partial charge < -0.3 is 0 Å². The number of hydrogen-bond acceptors (Lipinski definition) is 3. The third kappa shape index (κ3) is 3.00. The second-order valence-corrected chi connectivity index (χ2v) is 7.93. The molecular formula is C16H11Br2NO2S. The first-order valence-electron chi connectivity index (χ1n) is 6.54. The number of hydrogen-bond donors (Lipinski definition) is 0. The van der Waals surface area contributed by atoms with E-state index < -0.39 is 0 Å². The molecule has 0 aliphatic carbocycles. The van der Waals surface area contributed by atoms with Crippen LogP contribution in [0.2, 0.25) is 0 Å². The molecule has 0 radical (unpaired) electrons. The zero-order valence-electron chi connectivity index (χ0n) is 11.5. The predicted octanol–water partition coefficient (Wildman–Crippen LogP) is 5.98. The Hall–Kier alpha value is -1.11. The molecule has 22 heavy (non-hydrogen) atoms. The Labute approximate surface area is 149 Å². The molecule has 0 amide bonds. The summed E-state index contributed by atoms with van der Waals surface area (Å²) in [5.74, 6) is 0. The first-order chi connectivity index (χ1) is 10.5. The van der Waals surface area contributed by atoms with Crippen LogP contribution in [0.3, 0.4) is 0 Å². The maximum Gasteiger partial charge on any atom is 0.264 e. The van der Waals surface area contributed by atoms with Gasteiger partial charge in [0.1, 0.15) is 5.25 Å². The van der Waals surface area contributed by atoms with E-state index in [-0.39, 0.29) is 15.9 Å². The molecule has 0 N–H and O–H groups in total. The van der Waals surface area contributed by atoms with E-state index in [2.05, 4.69) is 31.9 Å². The summed E-state index contributed by atoms with van der Waals surface area (Å²) < 4.78 is 1.84. The molecular weight excluding hydrogens is 430 g/mol. The molecule has 1 aliphatic heterocycles. The molecule has 1 unspecified atom stereocenters. The van der Waals surface area contributed by atoms with Crippen LogP contribution in [0.15, 0.2) is 55.9 Å². The quantitative estimate of drug-likeness (QED) is 0.425. The van der Waals surface area contributed by atoms with Crippen LogP contribution in [0.4, 0.5) is 0 Å². The molecule has 2 aromatic rings. The van der Waals surface area contributed by atoms with Crippen LogP contribution in [-0.4, -0.2) is 4.92 Å². The lowest BCUT2D eigenvalue weighted by atomic mass is 10.0. The van der Waals surface area contributed by atoms with E-state index in [1.54, 1.807) is 6.08 Å².